The van der Waals surface area contributed by atoms with E-state index in [2.05, 4.69) is 27.1 Å². The van der Waals surface area contributed by atoms with Crippen molar-refractivity contribution in [3.8, 4) is 0 Å². The molecular formula is C6H36O48P12. The maximum atomic E-state index is 11.4. The Labute approximate surface area is 359 Å². The molecule has 0 aromatic heterocycles. The smallest absolute Gasteiger partial charge is 0.303 e. The molecule has 1 saturated carbocycles. The van der Waals surface area contributed by atoms with Crippen molar-refractivity contribution in [1.29, 1.82) is 0 Å². The van der Waals surface area contributed by atoms with Crippen molar-refractivity contribution in [3.63, 3.8) is 0 Å². The van der Waals surface area contributed by atoms with Gasteiger partial charge in [0.2, 0.25) is 0 Å². The summed E-state index contributed by atoms with van der Waals surface area (Å²) in [4.78, 5) is 239. The highest BCUT2D eigenvalue weighted by Gasteiger charge is 2.62. The zero-order chi connectivity index (χ0) is 55.7. The van der Waals surface area contributed by atoms with Crippen molar-refractivity contribution in [3.05, 3.63) is 0 Å². The Bertz CT molecular complexity index is 1560. The highest BCUT2D eigenvalue weighted by Crippen LogP contribution is 2.57. The minimum atomic E-state index is -6.02. The molecule has 0 radical (unpaired) electrons. The number of hydrogen-bond acceptors (Lipinski definition) is 18. The molecule has 1 fully saturated rings. The zero-order valence-corrected chi connectivity index (χ0v) is 40.3. The van der Waals surface area contributed by atoms with E-state index in [4.69, 9.17) is 174 Å². The molecule has 1 aliphatic carbocycles. The molecule has 0 aromatic carbocycles. The molecular weight excluding hydrogens is 1210 g/mol. The molecule has 0 aliphatic heterocycles. The van der Waals surface area contributed by atoms with Crippen molar-refractivity contribution in [2.75, 3.05) is 0 Å². The maximum Gasteiger partial charge on any atom is 0.470 e. The van der Waals surface area contributed by atoms with Crippen molar-refractivity contribution < 1.29 is 229 Å². The second-order valence-corrected chi connectivity index (χ2v) is 22.8. The van der Waals surface area contributed by atoms with Gasteiger partial charge in [0.1, 0.15) is 36.6 Å². The van der Waals surface area contributed by atoms with Gasteiger partial charge in [0.05, 0.1) is 0 Å². The van der Waals surface area contributed by atoms with E-state index in [1.54, 1.807) is 0 Å². The lowest BCUT2D eigenvalue weighted by atomic mass is 9.85. The summed E-state index contributed by atoms with van der Waals surface area (Å²) in [7, 11) is -63.9. The second-order valence-electron chi connectivity index (χ2n) is 9.44. The van der Waals surface area contributed by atoms with Gasteiger partial charge in [-0.2, -0.15) is 0 Å². The molecule has 1 rings (SSSR count). The summed E-state index contributed by atoms with van der Waals surface area (Å²) in [6, 6.07) is 0. The molecule has 60 heteroatoms. The third-order valence-electron chi connectivity index (χ3n) is 3.50. The Morgan fingerprint density at radius 2 is 0.212 bits per heavy atom. The van der Waals surface area contributed by atoms with Crippen LogP contribution in [0.5, 0.6) is 0 Å². The van der Waals surface area contributed by atoms with Gasteiger partial charge in [0.15, 0.2) is 0 Å². The SMILES string of the molecule is O=P(O)(O)O.O=P(O)(O)O.O=P(O)(O)O.O=P(O)(O)O.O=P(O)(O)O.O=P(O)(O)O.O=P(O)(O)OC1C(OP(=O)(O)O)C(OP(=O)(O)O)C(OP(=O)(O)O)C(OP(=O)(O)O)C1OP(=O)(O)O. The first-order valence-electron chi connectivity index (χ1n) is 12.7. The van der Waals surface area contributed by atoms with E-state index in [9.17, 15) is 27.4 Å². The molecule has 1 aliphatic rings. The highest BCUT2D eigenvalue weighted by molar-refractivity contribution is 7.48. The second kappa shape index (κ2) is 29.9. The first kappa shape index (κ1) is 78.7. The molecule has 0 unspecified atom stereocenters. The summed E-state index contributed by atoms with van der Waals surface area (Å²) in [5.41, 5.74) is 0. The standard InChI is InChI=1S/C6H18O24P6.6H3O4P/c7-31(8,9)25-1-2(26-32(10,11)12)4(28-34(16,17)18)6(30-36(22,23)24)5(29-35(19,20)21)3(1)27-33(13,14)15;6*1-5(2,3)4/h1-6H,(H2,7,8,9)(H2,10,11,12)(H2,13,14,15)(H2,16,17,18)(H2,19,20,21)(H2,22,23,24);6*(H3,1,2,3,4). The van der Waals surface area contributed by atoms with Gasteiger partial charge in [-0.25, -0.2) is 54.8 Å². The molecule has 0 saturated heterocycles. The minimum absolute atomic E-state index is 3.14. The van der Waals surface area contributed by atoms with Gasteiger partial charge in [-0.3, -0.25) is 27.1 Å². The average Bonchev–Trinajstić information content (AvgIpc) is 2.80. The summed E-state index contributed by atoms with van der Waals surface area (Å²) in [5.74, 6) is 0. The molecule has 0 atom stereocenters. The van der Waals surface area contributed by atoms with Crippen molar-refractivity contribution in [1.82, 2.24) is 0 Å². The topological polar surface area (TPSA) is 867 Å². The molecule has 0 aromatic rings. The van der Waals surface area contributed by atoms with Crippen LogP contribution in [0.3, 0.4) is 0 Å². The number of phosphoric acid groups is 12. The largest absolute Gasteiger partial charge is 0.470 e. The summed E-state index contributed by atoms with van der Waals surface area (Å²) in [5, 5.41) is 0. The van der Waals surface area contributed by atoms with Crippen LogP contribution in [0.15, 0.2) is 0 Å². The van der Waals surface area contributed by atoms with Crippen LogP contribution in [-0.2, 0) is 81.9 Å². The van der Waals surface area contributed by atoms with Crippen LogP contribution < -0.4 is 0 Å². The first-order valence-corrected chi connectivity index (χ1v) is 31.3. The van der Waals surface area contributed by atoms with Gasteiger partial charge in [-0.1, -0.05) is 0 Å². The van der Waals surface area contributed by atoms with Crippen LogP contribution in [0.1, 0.15) is 0 Å². The number of rotatable bonds is 12. The van der Waals surface area contributed by atoms with Crippen molar-refractivity contribution in [2.24, 2.45) is 0 Å². The Morgan fingerprint density at radius 3 is 0.242 bits per heavy atom. The lowest BCUT2D eigenvalue weighted by molar-refractivity contribution is -0.202. The monoisotopic (exact) mass is 1250 g/mol. The van der Waals surface area contributed by atoms with E-state index in [0.717, 1.165) is 0 Å². The predicted molar refractivity (Wildman–Crippen MR) is 187 cm³/mol. The summed E-state index contributed by atoms with van der Waals surface area (Å²) in [6.07, 6.45) is -18.9. The lowest BCUT2D eigenvalue weighted by Crippen LogP contribution is -2.66. The van der Waals surface area contributed by atoms with E-state index < -0.39 is 130 Å². The number of phosphoric ester groups is 6. The third kappa shape index (κ3) is 88.3. The Kier molecular flexibility index (Phi) is 35.6. The van der Waals surface area contributed by atoms with Crippen LogP contribution in [0, 0.1) is 0 Å². The fourth-order valence-corrected chi connectivity index (χ4v) is 6.14. The van der Waals surface area contributed by atoms with Crippen molar-refractivity contribution >= 4 is 93.9 Å². The van der Waals surface area contributed by atoms with Crippen LogP contribution in [-0.4, -0.2) is 183 Å². The van der Waals surface area contributed by atoms with Crippen LogP contribution >= 0.6 is 93.9 Å². The molecule has 30 N–H and O–H groups in total. The van der Waals surface area contributed by atoms with Gasteiger partial charge in [0, 0.05) is 0 Å². The van der Waals surface area contributed by atoms with Gasteiger partial charge in [-0.05, 0) is 0 Å². The molecule has 0 spiro atoms. The van der Waals surface area contributed by atoms with Crippen LogP contribution in [0.2, 0.25) is 0 Å². The van der Waals surface area contributed by atoms with Crippen molar-refractivity contribution in [2.45, 2.75) is 36.6 Å². The highest BCUT2D eigenvalue weighted by atomic mass is 31.2. The average molecular weight is 1250 g/mol. The Morgan fingerprint density at radius 1 is 0.167 bits per heavy atom. The maximum absolute atomic E-state index is 11.4. The zero-order valence-electron chi connectivity index (χ0n) is 29.6. The normalized spacial score (nSPS) is 21.4. The Balaban J connectivity index is -0.000000239. The fraction of sp³-hybridized carbons (Fsp3) is 1.00. The van der Waals surface area contributed by atoms with Gasteiger partial charge in [0.25, 0.3) is 0 Å². The van der Waals surface area contributed by atoms with Gasteiger partial charge < -0.3 is 147 Å². The fourth-order valence-electron chi connectivity index (χ4n) is 2.79. The molecule has 0 bridgehead atoms. The summed E-state index contributed by atoms with van der Waals surface area (Å²) < 4.78 is 146. The quantitative estimate of drug-likeness (QED) is 0.0807. The predicted octanol–water partition coefficient (Wildman–Crippen LogP) is -8.70. The Hall–Kier alpha value is 1.32. The van der Waals surface area contributed by atoms with E-state index in [1.165, 1.54) is 0 Å². The first-order chi connectivity index (χ1) is 27.6. The van der Waals surface area contributed by atoms with E-state index in [0.29, 0.717) is 0 Å². The van der Waals surface area contributed by atoms with Gasteiger partial charge in [-0.15, -0.1) is 0 Å². The minimum Gasteiger partial charge on any atom is -0.303 e. The van der Waals surface area contributed by atoms with E-state index in [-0.39, 0.29) is 0 Å². The van der Waals surface area contributed by atoms with E-state index in [1.807, 2.05) is 0 Å². The molecule has 48 nitrogen and oxygen atoms in total. The summed E-state index contributed by atoms with van der Waals surface area (Å²) >= 11 is 0. The molecule has 408 valence electrons. The van der Waals surface area contributed by atoms with Crippen LogP contribution in [0.4, 0.5) is 0 Å². The van der Waals surface area contributed by atoms with E-state index >= 15 is 0 Å². The molecule has 0 heterocycles. The third-order valence-corrected chi connectivity index (χ3v) is 6.61. The number of hydrogen-bond donors (Lipinski definition) is 30. The summed E-state index contributed by atoms with van der Waals surface area (Å²) in [6.45, 7) is 0. The molecule has 66 heavy (non-hydrogen) atoms. The van der Waals surface area contributed by atoms with Crippen LogP contribution in [0.25, 0.3) is 0 Å². The lowest BCUT2D eigenvalue weighted by Gasteiger charge is -2.48. The van der Waals surface area contributed by atoms with Gasteiger partial charge >= 0.3 is 93.9 Å². The molecule has 0 amide bonds.